The standard InChI is InChI=1S/C15H19N3O3S/c1-4-16-14(19)11(3)22-15-18-17-13(21-15)9-20-12-7-5-6-10(2)8-12/h5-8,11H,4,9H2,1-3H3,(H,16,19)/t11-/m1/s1. The van der Waals surface area contributed by atoms with Crippen molar-refractivity contribution in [3.8, 4) is 5.75 Å². The summed E-state index contributed by atoms with van der Waals surface area (Å²) < 4.78 is 11.1. The second-order valence-corrected chi connectivity index (χ2v) is 6.01. The minimum atomic E-state index is -0.286. The third-order valence-electron chi connectivity index (χ3n) is 2.80. The number of hydrogen-bond acceptors (Lipinski definition) is 6. The van der Waals surface area contributed by atoms with Crippen LogP contribution in [0.15, 0.2) is 33.9 Å². The molecule has 7 heteroatoms. The molecule has 0 fully saturated rings. The number of rotatable bonds is 7. The van der Waals surface area contributed by atoms with Gasteiger partial charge in [-0.3, -0.25) is 4.79 Å². The normalized spacial score (nSPS) is 12.0. The largest absolute Gasteiger partial charge is 0.484 e. The lowest BCUT2D eigenvalue weighted by Gasteiger charge is -2.07. The molecular weight excluding hydrogens is 302 g/mol. The number of aryl methyl sites for hydroxylation is 1. The fourth-order valence-corrected chi connectivity index (χ4v) is 2.44. The highest BCUT2D eigenvalue weighted by molar-refractivity contribution is 8.00. The lowest BCUT2D eigenvalue weighted by Crippen LogP contribution is -2.30. The van der Waals surface area contributed by atoms with Crippen molar-refractivity contribution >= 4 is 17.7 Å². The first-order valence-corrected chi connectivity index (χ1v) is 7.92. The van der Waals surface area contributed by atoms with E-state index in [-0.39, 0.29) is 17.8 Å². The monoisotopic (exact) mass is 321 g/mol. The molecule has 0 aliphatic carbocycles. The molecule has 6 nitrogen and oxygen atoms in total. The van der Waals surface area contributed by atoms with Crippen molar-refractivity contribution < 1.29 is 13.9 Å². The lowest BCUT2D eigenvalue weighted by atomic mass is 10.2. The molecule has 2 aromatic rings. The molecule has 1 atom stereocenters. The van der Waals surface area contributed by atoms with E-state index < -0.39 is 0 Å². The Hall–Kier alpha value is -2.02. The quantitative estimate of drug-likeness (QED) is 0.790. The number of amides is 1. The van der Waals surface area contributed by atoms with E-state index in [1.165, 1.54) is 11.8 Å². The van der Waals surface area contributed by atoms with Crippen LogP contribution in [0, 0.1) is 6.92 Å². The van der Waals surface area contributed by atoms with E-state index in [4.69, 9.17) is 9.15 Å². The van der Waals surface area contributed by atoms with Crippen LogP contribution in [0.25, 0.3) is 0 Å². The lowest BCUT2D eigenvalue weighted by molar-refractivity contribution is -0.120. The van der Waals surface area contributed by atoms with Gasteiger partial charge in [-0.2, -0.15) is 0 Å². The molecule has 1 aromatic heterocycles. The Balaban J connectivity index is 1.87. The smallest absolute Gasteiger partial charge is 0.277 e. The molecule has 0 saturated heterocycles. The van der Waals surface area contributed by atoms with Crippen LogP contribution >= 0.6 is 11.8 Å². The molecule has 118 valence electrons. The van der Waals surface area contributed by atoms with E-state index in [1.807, 2.05) is 38.1 Å². The topological polar surface area (TPSA) is 77.2 Å². The predicted octanol–water partition coefficient (Wildman–Crippen LogP) is 2.57. The van der Waals surface area contributed by atoms with Crippen LogP contribution in [0.4, 0.5) is 0 Å². The number of benzene rings is 1. The minimum Gasteiger partial charge on any atom is -0.484 e. The van der Waals surface area contributed by atoms with Crippen LogP contribution < -0.4 is 10.1 Å². The van der Waals surface area contributed by atoms with Gasteiger partial charge in [-0.05, 0) is 38.5 Å². The van der Waals surface area contributed by atoms with Gasteiger partial charge in [0.05, 0.1) is 5.25 Å². The Morgan fingerprint density at radius 1 is 1.45 bits per heavy atom. The Morgan fingerprint density at radius 3 is 3.00 bits per heavy atom. The van der Waals surface area contributed by atoms with Crippen molar-refractivity contribution in [2.45, 2.75) is 37.9 Å². The van der Waals surface area contributed by atoms with Gasteiger partial charge in [0.1, 0.15) is 5.75 Å². The summed E-state index contributed by atoms with van der Waals surface area (Å²) in [6.45, 7) is 6.47. The average molecular weight is 321 g/mol. The van der Waals surface area contributed by atoms with Gasteiger partial charge in [0.25, 0.3) is 11.1 Å². The predicted molar refractivity (Wildman–Crippen MR) is 83.8 cm³/mol. The zero-order chi connectivity index (χ0) is 15.9. The van der Waals surface area contributed by atoms with Crippen LogP contribution in [-0.2, 0) is 11.4 Å². The average Bonchev–Trinajstić information content (AvgIpc) is 2.93. The van der Waals surface area contributed by atoms with E-state index in [0.717, 1.165) is 11.3 Å². The zero-order valence-corrected chi connectivity index (χ0v) is 13.6. The molecule has 0 radical (unpaired) electrons. The molecule has 1 amide bonds. The van der Waals surface area contributed by atoms with Crippen molar-refractivity contribution in [1.82, 2.24) is 15.5 Å². The van der Waals surface area contributed by atoms with Gasteiger partial charge in [0, 0.05) is 6.54 Å². The summed E-state index contributed by atoms with van der Waals surface area (Å²) in [5, 5.41) is 10.7. The van der Waals surface area contributed by atoms with Crippen molar-refractivity contribution in [2.75, 3.05) is 6.54 Å². The van der Waals surface area contributed by atoms with Gasteiger partial charge in [-0.25, -0.2) is 0 Å². The Bertz CT molecular complexity index is 630. The maximum absolute atomic E-state index is 11.7. The Labute approximate surface area is 133 Å². The Morgan fingerprint density at radius 2 is 2.27 bits per heavy atom. The molecule has 0 unspecified atom stereocenters. The second-order valence-electron chi connectivity index (χ2n) is 4.72. The highest BCUT2D eigenvalue weighted by Crippen LogP contribution is 2.22. The summed E-state index contributed by atoms with van der Waals surface area (Å²) in [4.78, 5) is 11.7. The van der Waals surface area contributed by atoms with Gasteiger partial charge < -0.3 is 14.5 Å². The van der Waals surface area contributed by atoms with Crippen LogP contribution in [0.1, 0.15) is 25.3 Å². The molecule has 0 aliphatic heterocycles. The van der Waals surface area contributed by atoms with Gasteiger partial charge in [0.15, 0.2) is 6.61 Å². The van der Waals surface area contributed by atoms with Crippen LogP contribution in [-0.4, -0.2) is 27.9 Å². The number of nitrogens with zero attached hydrogens (tertiary/aromatic N) is 2. The first kappa shape index (κ1) is 16.4. The number of carbonyl (C=O) groups is 1. The molecule has 0 spiro atoms. The molecule has 2 rings (SSSR count). The maximum atomic E-state index is 11.7. The highest BCUT2D eigenvalue weighted by Gasteiger charge is 2.17. The molecule has 0 saturated carbocycles. The molecule has 0 aliphatic rings. The molecule has 1 N–H and O–H groups in total. The summed E-state index contributed by atoms with van der Waals surface area (Å²) in [5.74, 6) is 1.08. The number of ether oxygens (including phenoxy) is 1. The van der Waals surface area contributed by atoms with Gasteiger partial charge in [0.2, 0.25) is 5.91 Å². The third-order valence-corrected chi connectivity index (χ3v) is 3.73. The maximum Gasteiger partial charge on any atom is 0.277 e. The van der Waals surface area contributed by atoms with Crippen LogP contribution in [0.5, 0.6) is 5.75 Å². The number of carbonyl (C=O) groups excluding carboxylic acids is 1. The van der Waals surface area contributed by atoms with Crippen LogP contribution in [0.3, 0.4) is 0 Å². The second kappa shape index (κ2) is 7.84. The highest BCUT2D eigenvalue weighted by atomic mass is 32.2. The minimum absolute atomic E-state index is 0.0525. The summed E-state index contributed by atoms with van der Waals surface area (Å²) >= 11 is 1.23. The van der Waals surface area contributed by atoms with E-state index in [2.05, 4.69) is 15.5 Å². The van der Waals surface area contributed by atoms with Crippen molar-refractivity contribution in [1.29, 1.82) is 0 Å². The van der Waals surface area contributed by atoms with Crippen molar-refractivity contribution in [2.24, 2.45) is 0 Å². The van der Waals surface area contributed by atoms with E-state index >= 15 is 0 Å². The van der Waals surface area contributed by atoms with E-state index in [0.29, 0.717) is 17.7 Å². The fraction of sp³-hybridized carbons (Fsp3) is 0.400. The van der Waals surface area contributed by atoms with Crippen LogP contribution in [0.2, 0.25) is 0 Å². The fourth-order valence-electron chi connectivity index (χ4n) is 1.72. The summed E-state index contributed by atoms with van der Waals surface area (Å²) in [6, 6.07) is 7.73. The van der Waals surface area contributed by atoms with E-state index in [1.54, 1.807) is 6.92 Å². The van der Waals surface area contributed by atoms with Gasteiger partial charge in [-0.1, -0.05) is 23.9 Å². The number of aromatic nitrogens is 2. The first-order valence-electron chi connectivity index (χ1n) is 7.04. The summed E-state index contributed by atoms with van der Waals surface area (Å²) in [7, 11) is 0. The number of nitrogens with one attached hydrogen (secondary N) is 1. The number of thioether (sulfide) groups is 1. The first-order chi connectivity index (χ1) is 10.6. The summed E-state index contributed by atoms with van der Waals surface area (Å²) in [6.07, 6.45) is 0. The van der Waals surface area contributed by atoms with E-state index in [9.17, 15) is 4.79 Å². The van der Waals surface area contributed by atoms with Gasteiger partial charge >= 0.3 is 0 Å². The summed E-state index contributed by atoms with van der Waals surface area (Å²) in [5.41, 5.74) is 1.12. The number of hydrogen-bond donors (Lipinski definition) is 1. The molecular formula is C15H19N3O3S. The molecule has 0 bridgehead atoms. The van der Waals surface area contributed by atoms with Gasteiger partial charge in [-0.15, -0.1) is 10.2 Å². The third kappa shape index (κ3) is 4.77. The zero-order valence-electron chi connectivity index (χ0n) is 12.8. The molecule has 1 aromatic carbocycles. The molecule has 22 heavy (non-hydrogen) atoms. The van der Waals surface area contributed by atoms with Crippen molar-refractivity contribution in [3.63, 3.8) is 0 Å². The molecule has 1 heterocycles. The van der Waals surface area contributed by atoms with Crippen molar-refractivity contribution in [3.05, 3.63) is 35.7 Å². The Kier molecular flexibility index (Phi) is 5.83. The SMILES string of the molecule is CCNC(=O)[C@@H](C)Sc1nnc(COc2cccc(C)c2)o1.